The molecule has 0 bridgehead atoms. The minimum absolute atomic E-state index is 0.0918. The lowest BCUT2D eigenvalue weighted by Gasteiger charge is -2.30. The molecule has 9 nitrogen and oxygen atoms in total. The van der Waals surface area contributed by atoms with Crippen molar-refractivity contribution in [3.63, 3.8) is 0 Å². The number of carbonyl (C=O) groups excluding carboxylic acids is 2. The van der Waals surface area contributed by atoms with Crippen molar-refractivity contribution >= 4 is 38.4 Å². The molecule has 34 heavy (non-hydrogen) atoms. The topological polar surface area (TPSA) is 133 Å². The van der Waals surface area contributed by atoms with E-state index < -0.39 is 21.4 Å². The van der Waals surface area contributed by atoms with Gasteiger partial charge in [-0.05, 0) is 49.1 Å². The van der Waals surface area contributed by atoms with Crippen LogP contribution in [-0.2, 0) is 37.2 Å². The lowest BCUT2D eigenvalue weighted by molar-refractivity contribution is -0.147. The highest BCUT2D eigenvalue weighted by atomic mass is 32.2. The lowest BCUT2D eigenvalue weighted by Crippen LogP contribution is -2.46. The number of rotatable bonds is 6. The normalized spacial score (nSPS) is 17.3. The molecule has 1 amide bonds. The third kappa shape index (κ3) is 4.59. The summed E-state index contributed by atoms with van der Waals surface area (Å²) < 4.78 is 28.9. The summed E-state index contributed by atoms with van der Waals surface area (Å²) in [7, 11) is -2.43. The van der Waals surface area contributed by atoms with E-state index in [9.17, 15) is 18.0 Å². The second-order valence-electron chi connectivity index (χ2n) is 8.39. The van der Waals surface area contributed by atoms with Gasteiger partial charge in [0.1, 0.15) is 6.61 Å². The molecule has 0 spiro atoms. The van der Waals surface area contributed by atoms with Crippen molar-refractivity contribution in [3.8, 4) is 11.3 Å². The van der Waals surface area contributed by atoms with E-state index in [0.29, 0.717) is 12.8 Å². The zero-order chi connectivity index (χ0) is 24.7. The summed E-state index contributed by atoms with van der Waals surface area (Å²) in [5.74, 6) is -0.805. The largest absolute Gasteiger partial charge is 0.465 e. The number of thiazole rings is 1. The van der Waals surface area contributed by atoms with Crippen LogP contribution in [0.4, 0.5) is 5.13 Å². The molecule has 2 heterocycles. The molecule has 1 aliphatic rings. The van der Waals surface area contributed by atoms with E-state index in [4.69, 9.17) is 9.88 Å². The van der Waals surface area contributed by atoms with Crippen LogP contribution in [0.25, 0.3) is 11.3 Å². The summed E-state index contributed by atoms with van der Waals surface area (Å²) in [4.78, 5) is 35.4. The van der Waals surface area contributed by atoms with Crippen molar-refractivity contribution in [2.75, 3.05) is 18.6 Å². The number of pyridine rings is 1. The van der Waals surface area contributed by atoms with E-state index in [0.717, 1.165) is 33.7 Å². The zero-order valence-corrected chi connectivity index (χ0v) is 20.6. The molecule has 0 fully saturated rings. The van der Waals surface area contributed by atoms with E-state index in [-0.39, 0.29) is 27.5 Å². The van der Waals surface area contributed by atoms with Crippen molar-refractivity contribution in [2.45, 2.75) is 30.9 Å². The molecule has 0 aliphatic heterocycles. The van der Waals surface area contributed by atoms with Crippen LogP contribution in [0.3, 0.4) is 0 Å². The average Bonchev–Trinajstić information content (AvgIpc) is 3.38. The first-order chi connectivity index (χ1) is 16.0. The minimum atomic E-state index is -3.96. The van der Waals surface area contributed by atoms with E-state index in [1.54, 1.807) is 6.20 Å². The van der Waals surface area contributed by atoms with Crippen LogP contribution in [0, 0.1) is 12.3 Å². The van der Waals surface area contributed by atoms with Crippen LogP contribution in [0.1, 0.15) is 23.7 Å². The summed E-state index contributed by atoms with van der Waals surface area (Å²) in [5.41, 5.74) is 2.88. The van der Waals surface area contributed by atoms with Crippen LogP contribution in [0.2, 0.25) is 0 Å². The Morgan fingerprint density at radius 2 is 1.94 bits per heavy atom. The Morgan fingerprint density at radius 1 is 1.21 bits per heavy atom. The Morgan fingerprint density at radius 3 is 2.56 bits per heavy atom. The van der Waals surface area contributed by atoms with Gasteiger partial charge in [-0.25, -0.2) is 18.5 Å². The Balaban J connectivity index is 1.68. The number of nitrogens with zero attached hydrogens (tertiary/aromatic N) is 3. The molecule has 4 rings (SSSR count). The van der Waals surface area contributed by atoms with Gasteiger partial charge in [-0.2, -0.15) is 0 Å². The number of ether oxygens (including phenoxy) is 1. The first-order valence-corrected chi connectivity index (χ1v) is 12.8. The summed E-state index contributed by atoms with van der Waals surface area (Å²) in [5, 5.41) is 5.48. The van der Waals surface area contributed by atoms with Gasteiger partial charge in [-0.3, -0.25) is 19.5 Å². The quantitative estimate of drug-likeness (QED) is 0.514. The predicted molar refractivity (Wildman–Crippen MR) is 128 cm³/mol. The molecule has 1 aromatic carbocycles. The van der Waals surface area contributed by atoms with Gasteiger partial charge >= 0.3 is 5.97 Å². The molecule has 2 N–H and O–H groups in total. The van der Waals surface area contributed by atoms with Crippen molar-refractivity contribution in [1.29, 1.82) is 0 Å². The number of amides is 1. The number of anilines is 1. The number of fused-ring (bicyclic) bond motifs is 1. The van der Waals surface area contributed by atoms with Gasteiger partial charge in [0.25, 0.3) is 0 Å². The Kier molecular flexibility index (Phi) is 6.28. The molecule has 178 valence electrons. The Bertz CT molecular complexity index is 1370. The van der Waals surface area contributed by atoms with Gasteiger partial charge in [0.05, 0.1) is 16.8 Å². The molecule has 0 saturated heterocycles. The molecule has 2 aromatic heterocycles. The SMILES string of the molecule is CC(=O)OCC1(C(=O)N(C)c2nc(C)c(S(N)(=O)=O)s2)Cc2ccc(-c3ccccn3)cc2C1. The van der Waals surface area contributed by atoms with E-state index in [1.807, 2.05) is 36.4 Å². The van der Waals surface area contributed by atoms with Gasteiger partial charge < -0.3 is 4.74 Å². The molecule has 1 aliphatic carbocycles. The maximum atomic E-state index is 13.8. The van der Waals surface area contributed by atoms with Crippen molar-refractivity contribution < 1.29 is 22.7 Å². The lowest BCUT2D eigenvalue weighted by atomic mass is 9.84. The molecule has 0 saturated carbocycles. The number of hydrogen-bond acceptors (Lipinski definition) is 8. The first kappa shape index (κ1) is 24.0. The van der Waals surface area contributed by atoms with E-state index in [1.165, 1.54) is 25.8 Å². The molecular formula is C23H24N4O5S2. The number of primary sulfonamides is 1. The van der Waals surface area contributed by atoms with Crippen LogP contribution < -0.4 is 10.0 Å². The fraction of sp³-hybridized carbons (Fsp3) is 0.304. The second-order valence-corrected chi connectivity index (χ2v) is 11.1. The van der Waals surface area contributed by atoms with E-state index in [2.05, 4.69) is 9.97 Å². The van der Waals surface area contributed by atoms with Crippen molar-refractivity contribution in [2.24, 2.45) is 10.6 Å². The number of hydrogen-bond donors (Lipinski definition) is 1. The van der Waals surface area contributed by atoms with Gasteiger partial charge in [0, 0.05) is 25.7 Å². The monoisotopic (exact) mass is 500 g/mol. The predicted octanol–water partition coefficient (Wildman–Crippen LogP) is 2.47. The molecule has 11 heteroatoms. The highest BCUT2D eigenvalue weighted by Gasteiger charge is 2.47. The number of benzene rings is 1. The fourth-order valence-electron chi connectivity index (χ4n) is 4.22. The smallest absolute Gasteiger partial charge is 0.302 e. The summed E-state index contributed by atoms with van der Waals surface area (Å²) >= 11 is 0.833. The first-order valence-electron chi connectivity index (χ1n) is 10.5. The van der Waals surface area contributed by atoms with Crippen molar-refractivity contribution in [3.05, 3.63) is 59.4 Å². The van der Waals surface area contributed by atoms with Crippen LogP contribution >= 0.6 is 11.3 Å². The van der Waals surface area contributed by atoms with Crippen LogP contribution in [0.5, 0.6) is 0 Å². The molecule has 0 radical (unpaired) electrons. The Labute approximate surface area is 201 Å². The van der Waals surface area contributed by atoms with Gasteiger partial charge in [0.2, 0.25) is 15.9 Å². The second kappa shape index (κ2) is 8.90. The number of carbonyl (C=O) groups is 2. The zero-order valence-electron chi connectivity index (χ0n) is 18.9. The number of aryl methyl sites for hydroxylation is 1. The summed E-state index contributed by atoms with van der Waals surface area (Å²) in [6.45, 7) is 2.72. The number of sulfonamides is 1. The number of aromatic nitrogens is 2. The molecule has 1 unspecified atom stereocenters. The van der Waals surface area contributed by atoms with Crippen molar-refractivity contribution in [1.82, 2.24) is 9.97 Å². The fourth-order valence-corrected chi connectivity index (χ4v) is 6.13. The van der Waals surface area contributed by atoms with E-state index >= 15 is 0 Å². The molecule has 3 aromatic rings. The van der Waals surface area contributed by atoms with Gasteiger partial charge in [-0.15, -0.1) is 0 Å². The average molecular weight is 501 g/mol. The third-order valence-corrected chi connectivity index (χ3v) is 8.61. The maximum Gasteiger partial charge on any atom is 0.302 e. The van der Waals surface area contributed by atoms with Crippen LogP contribution in [-0.4, -0.2) is 43.9 Å². The molecular weight excluding hydrogens is 476 g/mol. The summed E-state index contributed by atoms with van der Waals surface area (Å²) in [6, 6.07) is 11.6. The van der Waals surface area contributed by atoms with Crippen LogP contribution in [0.15, 0.2) is 46.8 Å². The standard InChI is InChI=1S/C23H24N4O5S2/c1-14-20(34(24,30)31)33-22(26-14)27(3)21(29)23(13-32-15(2)28)11-17-8-7-16(10-18(17)12-23)19-6-4-5-9-25-19/h4-10H,11-13H2,1-3H3,(H2,24,30,31). The number of nitrogens with two attached hydrogens (primary N) is 1. The summed E-state index contributed by atoms with van der Waals surface area (Å²) in [6.07, 6.45) is 2.44. The highest BCUT2D eigenvalue weighted by molar-refractivity contribution is 7.91. The Hall–Kier alpha value is -3.15. The van der Waals surface area contributed by atoms with Gasteiger partial charge in [-0.1, -0.05) is 29.5 Å². The highest BCUT2D eigenvalue weighted by Crippen LogP contribution is 2.42. The van der Waals surface area contributed by atoms with Gasteiger partial charge in [0.15, 0.2) is 9.34 Å². The molecule has 1 atom stereocenters. The number of esters is 1. The maximum absolute atomic E-state index is 13.8. The minimum Gasteiger partial charge on any atom is -0.465 e. The third-order valence-electron chi connectivity index (χ3n) is 5.82.